The van der Waals surface area contributed by atoms with E-state index in [1.807, 2.05) is 41.4 Å². The maximum absolute atomic E-state index is 12.4. The molecule has 30 heavy (non-hydrogen) atoms. The van der Waals surface area contributed by atoms with E-state index in [-0.39, 0.29) is 24.0 Å². The number of carbonyl (C=O) groups is 2. The third-order valence-corrected chi connectivity index (χ3v) is 6.12. The van der Waals surface area contributed by atoms with Gasteiger partial charge in [0.2, 0.25) is 5.91 Å². The first-order chi connectivity index (χ1) is 14.7. The number of nitrogens with zero attached hydrogens (tertiary/aromatic N) is 3. The molecule has 3 aliphatic rings. The maximum Gasteiger partial charge on any atom is 0.321 e. The van der Waals surface area contributed by atoms with Crippen molar-refractivity contribution in [1.82, 2.24) is 14.8 Å². The van der Waals surface area contributed by atoms with E-state index in [1.165, 1.54) is 5.56 Å². The molecule has 0 spiro atoms. The lowest BCUT2D eigenvalue weighted by molar-refractivity contribution is -0.131. The number of rotatable bonds is 5. The molecule has 7 heteroatoms. The highest BCUT2D eigenvalue weighted by atomic mass is 16.5. The third-order valence-electron chi connectivity index (χ3n) is 6.12. The van der Waals surface area contributed by atoms with Gasteiger partial charge in [-0.3, -0.25) is 9.78 Å². The smallest absolute Gasteiger partial charge is 0.321 e. The zero-order chi connectivity index (χ0) is 20.5. The molecule has 1 aliphatic carbocycles. The number of carbonyl (C=O) groups excluding carboxylic acids is 2. The molecule has 2 saturated heterocycles. The number of anilines is 1. The summed E-state index contributed by atoms with van der Waals surface area (Å²) < 4.78 is 6.04. The third kappa shape index (κ3) is 4.10. The molecule has 156 valence electrons. The monoisotopic (exact) mass is 406 g/mol. The van der Waals surface area contributed by atoms with Crippen LogP contribution in [0.25, 0.3) is 0 Å². The van der Waals surface area contributed by atoms with Crippen LogP contribution >= 0.6 is 0 Å². The Hall–Kier alpha value is -3.09. The highest BCUT2D eigenvalue weighted by molar-refractivity contribution is 5.90. The number of ether oxygens (including phenoxy) is 1. The first-order valence-electron chi connectivity index (χ1n) is 10.7. The predicted molar refractivity (Wildman–Crippen MR) is 112 cm³/mol. The van der Waals surface area contributed by atoms with Crippen LogP contribution in [0.3, 0.4) is 0 Å². The summed E-state index contributed by atoms with van der Waals surface area (Å²) in [5, 5.41) is 2.94. The van der Waals surface area contributed by atoms with Crippen LogP contribution in [0.1, 0.15) is 30.7 Å². The summed E-state index contributed by atoms with van der Waals surface area (Å²) in [6.07, 6.45) is 6.61. The number of aromatic nitrogens is 1. The van der Waals surface area contributed by atoms with Crippen molar-refractivity contribution in [3.05, 3.63) is 54.4 Å². The first-order valence-corrected chi connectivity index (χ1v) is 10.7. The molecule has 0 radical (unpaired) electrons. The quantitative estimate of drug-likeness (QED) is 0.828. The Balaban J connectivity index is 1.08. The number of hydrogen-bond acceptors (Lipinski definition) is 4. The Bertz CT molecular complexity index is 908. The van der Waals surface area contributed by atoms with Crippen molar-refractivity contribution in [2.24, 2.45) is 5.92 Å². The molecule has 1 atom stereocenters. The molecule has 5 rings (SSSR count). The van der Waals surface area contributed by atoms with Crippen LogP contribution in [0.5, 0.6) is 5.75 Å². The molecular weight excluding hydrogens is 380 g/mol. The van der Waals surface area contributed by atoms with Crippen molar-refractivity contribution >= 4 is 17.6 Å². The van der Waals surface area contributed by atoms with Crippen LogP contribution in [0.4, 0.5) is 10.5 Å². The summed E-state index contributed by atoms with van der Waals surface area (Å²) in [6.45, 7) is 2.86. The fourth-order valence-corrected chi connectivity index (χ4v) is 4.10. The number of likely N-dealkylation sites (tertiary alicyclic amines) is 2. The number of urea groups is 1. The van der Waals surface area contributed by atoms with Crippen LogP contribution in [0.15, 0.2) is 48.8 Å². The lowest BCUT2D eigenvalue weighted by Gasteiger charge is -2.39. The van der Waals surface area contributed by atoms with Gasteiger partial charge < -0.3 is 19.9 Å². The Morgan fingerprint density at radius 2 is 1.80 bits per heavy atom. The summed E-state index contributed by atoms with van der Waals surface area (Å²) in [4.78, 5) is 32.5. The van der Waals surface area contributed by atoms with Crippen LogP contribution in [-0.4, -0.2) is 59.0 Å². The van der Waals surface area contributed by atoms with Crippen molar-refractivity contribution in [3.8, 4) is 5.75 Å². The molecule has 1 aromatic heterocycles. The average Bonchev–Trinajstić information content (AvgIpc) is 3.48. The minimum atomic E-state index is -0.0890. The lowest BCUT2D eigenvalue weighted by Crippen LogP contribution is -2.50. The SMILES string of the molecule is O=C(Nc1ccc(O[C@H]2CCN(C(=O)C3CC3)C2)cc1)N1CC(c2cccnc2)C1. The van der Waals surface area contributed by atoms with Gasteiger partial charge in [0.25, 0.3) is 0 Å². The van der Waals surface area contributed by atoms with E-state index in [0.717, 1.165) is 37.2 Å². The van der Waals surface area contributed by atoms with Crippen LogP contribution in [0.2, 0.25) is 0 Å². The Morgan fingerprint density at radius 3 is 2.50 bits per heavy atom. The van der Waals surface area contributed by atoms with Crippen LogP contribution < -0.4 is 10.1 Å². The number of amides is 3. The van der Waals surface area contributed by atoms with Crippen molar-refractivity contribution in [2.75, 3.05) is 31.5 Å². The van der Waals surface area contributed by atoms with Gasteiger partial charge in [0, 0.05) is 56.0 Å². The van der Waals surface area contributed by atoms with Gasteiger partial charge in [-0.1, -0.05) is 6.07 Å². The summed E-state index contributed by atoms with van der Waals surface area (Å²) in [5.41, 5.74) is 1.92. The fraction of sp³-hybridized carbons (Fsp3) is 0.435. The summed E-state index contributed by atoms with van der Waals surface area (Å²) in [7, 11) is 0. The van der Waals surface area contributed by atoms with Crippen molar-refractivity contribution in [3.63, 3.8) is 0 Å². The molecule has 3 heterocycles. The van der Waals surface area contributed by atoms with Crippen LogP contribution in [-0.2, 0) is 4.79 Å². The topological polar surface area (TPSA) is 74.8 Å². The van der Waals surface area contributed by atoms with Gasteiger partial charge >= 0.3 is 6.03 Å². The first kappa shape index (κ1) is 18.9. The largest absolute Gasteiger partial charge is 0.489 e. The van der Waals surface area contributed by atoms with Crippen molar-refractivity contribution < 1.29 is 14.3 Å². The number of hydrogen-bond donors (Lipinski definition) is 1. The average molecular weight is 406 g/mol. The molecule has 1 aromatic carbocycles. The van der Waals surface area contributed by atoms with E-state index in [4.69, 9.17) is 4.74 Å². The molecule has 3 fully saturated rings. The number of nitrogens with one attached hydrogen (secondary N) is 1. The van der Waals surface area contributed by atoms with E-state index in [9.17, 15) is 9.59 Å². The zero-order valence-corrected chi connectivity index (χ0v) is 16.9. The minimum Gasteiger partial charge on any atom is -0.489 e. The Morgan fingerprint density at radius 1 is 1.00 bits per heavy atom. The highest BCUT2D eigenvalue weighted by Gasteiger charge is 2.37. The minimum absolute atomic E-state index is 0.0404. The van der Waals surface area contributed by atoms with Crippen molar-refractivity contribution in [1.29, 1.82) is 0 Å². The number of pyridine rings is 1. The fourth-order valence-electron chi connectivity index (χ4n) is 4.10. The predicted octanol–water partition coefficient (Wildman–Crippen LogP) is 3.10. The Kier molecular flexibility index (Phi) is 5.02. The van der Waals surface area contributed by atoms with Gasteiger partial charge in [0.15, 0.2) is 0 Å². The molecule has 3 amide bonds. The van der Waals surface area contributed by atoms with E-state index in [0.29, 0.717) is 25.6 Å². The van der Waals surface area contributed by atoms with E-state index in [2.05, 4.69) is 16.4 Å². The zero-order valence-electron chi connectivity index (χ0n) is 16.9. The molecule has 2 aromatic rings. The molecule has 1 saturated carbocycles. The second-order valence-electron chi connectivity index (χ2n) is 8.43. The van der Waals surface area contributed by atoms with Crippen molar-refractivity contribution in [2.45, 2.75) is 31.3 Å². The summed E-state index contributed by atoms with van der Waals surface area (Å²) in [6, 6.07) is 11.3. The van der Waals surface area contributed by atoms with Crippen LogP contribution in [0, 0.1) is 5.92 Å². The standard InChI is InChI=1S/C23H26N4O3/c28-22(16-3-4-16)26-11-9-21(15-26)30-20-7-5-19(6-8-20)25-23(29)27-13-18(14-27)17-2-1-10-24-12-17/h1-2,5-8,10,12,16,18,21H,3-4,9,11,13-15H2,(H,25,29)/t21-/m0/s1. The summed E-state index contributed by atoms with van der Waals surface area (Å²) in [5.74, 6) is 1.67. The maximum atomic E-state index is 12.4. The van der Waals surface area contributed by atoms with Gasteiger partial charge in [-0.15, -0.1) is 0 Å². The lowest BCUT2D eigenvalue weighted by atomic mass is 9.93. The van der Waals surface area contributed by atoms with E-state index < -0.39 is 0 Å². The van der Waals surface area contributed by atoms with Gasteiger partial charge in [0.1, 0.15) is 11.9 Å². The second kappa shape index (κ2) is 7.97. The second-order valence-corrected chi connectivity index (χ2v) is 8.43. The molecule has 1 N–H and O–H groups in total. The normalized spacial score (nSPS) is 21.3. The molecule has 0 bridgehead atoms. The Labute approximate surface area is 176 Å². The summed E-state index contributed by atoms with van der Waals surface area (Å²) >= 11 is 0. The van der Waals surface area contributed by atoms with Gasteiger partial charge in [-0.25, -0.2) is 4.79 Å². The van der Waals surface area contributed by atoms with E-state index >= 15 is 0 Å². The highest BCUT2D eigenvalue weighted by Crippen LogP contribution is 2.32. The number of benzene rings is 1. The van der Waals surface area contributed by atoms with Gasteiger partial charge in [-0.2, -0.15) is 0 Å². The molecular formula is C23H26N4O3. The molecule has 7 nitrogen and oxygen atoms in total. The van der Waals surface area contributed by atoms with E-state index in [1.54, 1.807) is 11.1 Å². The molecule has 2 aliphatic heterocycles. The van der Waals surface area contributed by atoms with Gasteiger partial charge in [-0.05, 0) is 48.7 Å². The van der Waals surface area contributed by atoms with Gasteiger partial charge in [0.05, 0.1) is 6.54 Å². The molecule has 0 unspecified atom stereocenters.